The second kappa shape index (κ2) is 7.07. The minimum Gasteiger partial charge on any atom is -0.329 e. The van der Waals surface area contributed by atoms with Gasteiger partial charge in [-0.15, -0.1) is 0 Å². The Hall–Kier alpha value is -0.0900. The van der Waals surface area contributed by atoms with E-state index in [2.05, 4.69) is 27.8 Å². The molecule has 0 bridgehead atoms. The maximum absolute atomic E-state index is 6.12. The topological polar surface area (TPSA) is 29.3 Å². The second-order valence-corrected chi connectivity index (χ2v) is 6.60. The quantitative estimate of drug-likeness (QED) is 0.885. The van der Waals surface area contributed by atoms with E-state index in [4.69, 9.17) is 17.3 Å². The normalized spacial score (nSPS) is 19.6. The monoisotopic (exact) mass is 344 g/mol. The lowest BCUT2D eigenvalue weighted by atomic mass is 9.92. The zero-order chi connectivity index (χ0) is 13.8. The number of hydrogen-bond donors (Lipinski definition) is 1. The molecule has 2 N–H and O–H groups in total. The molecule has 1 aliphatic heterocycles. The predicted octanol–water partition coefficient (Wildman–Crippen LogP) is 4.22. The summed E-state index contributed by atoms with van der Waals surface area (Å²) in [6, 6.07) is 6.23. The van der Waals surface area contributed by atoms with Gasteiger partial charge < -0.3 is 5.73 Å². The van der Waals surface area contributed by atoms with Crippen molar-refractivity contribution < 1.29 is 0 Å². The van der Waals surface area contributed by atoms with Gasteiger partial charge in [-0.25, -0.2) is 0 Å². The SMILES string of the molecule is CCC1CCN(C(CN)c2cc(Cl)ccc2Br)CC1. The standard InChI is InChI=1S/C15H22BrClN2/c1-2-11-5-7-19(8-6-11)15(10-18)13-9-12(17)3-4-14(13)16/h3-4,9,11,15H,2,5-8,10,18H2,1H3. The highest BCUT2D eigenvalue weighted by atomic mass is 79.9. The molecule has 19 heavy (non-hydrogen) atoms. The molecule has 0 amide bonds. The Morgan fingerprint density at radius 1 is 1.42 bits per heavy atom. The van der Waals surface area contributed by atoms with Crippen molar-refractivity contribution in [2.45, 2.75) is 32.2 Å². The highest BCUT2D eigenvalue weighted by molar-refractivity contribution is 9.10. The van der Waals surface area contributed by atoms with Crippen LogP contribution in [0.15, 0.2) is 22.7 Å². The average molecular weight is 346 g/mol. The third-order valence-electron chi connectivity index (χ3n) is 4.21. The zero-order valence-electron chi connectivity index (χ0n) is 11.4. The molecule has 0 radical (unpaired) electrons. The number of likely N-dealkylation sites (tertiary alicyclic amines) is 1. The zero-order valence-corrected chi connectivity index (χ0v) is 13.8. The predicted molar refractivity (Wildman–Crippen MR) is 85.5 cm³/mol. The first kappa shape index (κ1) is 15.3. The third kappa shape index (κ3) is 3.72. The molecule has 2 nitrogen and oxygen atoms in total. The van der Waals surface area contributed by atoms with E-state index >= 15 is 0 Å². The summed E-state index contributed by atoms with van der Waals surface area (Å²) < 4.78 is 1.10. The summed E-state index contributed by atoms with van der Waals surface area (Å²) in [6.45, 7) is 5.20. The van der Waals surface area contributed by atoms with Gasteiger partial charge in [0.05, 0.1) is 0 Å². The van der Waals surface area contributed by atoms with Crippen LogP contribution >= 0.6 is 27.5 Å². The van der Waals surface area contributed by atoms with Crippen molar-refractivity contribution in [2.75, 3.05) is 19.6 Å². The first-order valence-electron chi connectivity index (χ1n) is 7.04. The van der Waals surface area contributed by atoms with Crippen molar-refractivity contribution in [1.29, 1.82) is 0 Å². The molecule has 1 aromatic carbocycles. The van der Waals surface area contributed by atoms with E-state index in [1.165, 1.54) is 24.8 Å². The maximum Gasteiger partial charge on any atom is 0.0482 e. The fraction of sp³-hybridized carbons (Fsp3) is 0.600. The van der Waals surface area contributed by atoms with Crippen LogP contribution in [0.5, 0.6) is 0 Å². The van der Waals surface area contributed by atoms with Gasteiger partial charge in [0.25, 0.3) is 0 Å². The summed E-state index contributed by atoms with van der Waals surface area (Å²) >= 11 is 9.75. The van der Waals surface area contributed by atoms with Crippen molar-refractivity contribution in [3.63, 3.8) is 0 Å². The summed E-state index contributed by atoms with van der Waals surface area (Å²) in [4.78, 5) is 2.50. The van der Waals surface area contributed by atoms with Gasteiger partial charge in [-0.1, -0.05) is 40.9 Å². The van der Waals surface area contributed by atoms with Crippen molar-refractivity contribution in [3.05, 3.63) is 33.3 Å². The Bertz CT molecular complexity index is 417. The van der Waals surface area contributed by atoms with Crippen LogP contribution in [0.4, 0.5) is 0 Å². The lowest BCUT2D eigenvalue weighted by molar-refractivity contribution is 0.133. The molecule has 1 heterocycles. The number of piperidine rings is 1. The maximum atomic E-state index is 6.12. The van der Waals surface area contributed by atoms with Crippen LogP contribution in [-0.2, 0) is 0 Å². The van der Waals surface area contributed by atoms with Crippen LogP contribution in [-0.4, -0.2) is 24.5 Å². The number of hydrogen-bond acceptors (Lipinski definition) is 2. The van der Waals surface area contributed by atoms with E-state index in [1.54, 1.807) is 0 Å². The average Bonchev–Trinajstić information content (AvgIpc) is 2.44. The van der Waals surface area contributed by atoms with Crippen molar-refractivity contribution in [2.24, 2.45) is 11.7 Å². The molecule has 0 spiro atoms. The highest BCUT2D eigenvalue weighted by Crippen LogP contribution is 2.32. The Morgan fingerprint density at radius 2 is 2.11 bits per heavy atom. The van der Waals surface area contributed by atoms with E-state index in [0.29, 0.717) is 6.54 Å². The molecule has 1 fully saturated rings. The van der Waals surface area contributed by atoms with Crippen molar-refractivity contribution in [1.82, 2.24) is 4.90 Å². The van der Waals surface area contributed by atoms with Gasteiger partial charge >= 0.3 is 0 Å². The number of nitrogens with two attached hydrogens (primary N) is 1. The molecule has 1 unspecified atom stereocenters. The van der Waals surface area contributed by atoms with Gasteiger partial charge in [0.1, 0.15) is 0 Å². The third-order valence-corrected chi connectivity index (χ3v) is 5.16. The van der Waals surface area contributed by atoms with Gasteiger partial charge in [-0.3, -0.25) is 4.90 Å². The van der Waals surface area contributed by atoms with Gasteiger partial charge in [0.2, 0.25) is 0 Å². The Morgan fingerprint density at radius 3 is 2.68 bits per heavy atom. The van der Waals surface area contributed by atoms with Crippen LogP contribution in [0.25, 0.3) is 0 Å². The molecule has 0 aromatic heterocycles. The van der Waals surface area contributed by atoms with E-state index < -0.39 is 0 Å². The van der Waals surface area contributed by atoms with Crippen LogP contribution in [0.3, 0.4) is 0 Å². The number of rotatable bonds is 4. The summed E-state index contributed by atoms with van der Waals surface area (Å²) in [7, 11) is 0. The minimum atomic E-state index is 0.269. The summed E-state index contributed by atoms with van der Waals surface area (Å²) in [5, 5.41) is 0.778. The first-order chi connectivity index (χ1) is 9.15. The summed E-state index contributed by atoms with van der Waals surface area (Å²) in [5.74, 6) is 0.887. The smallest absolute Gasteiger partial charge is 0.0482 e. The van der Waals surface area contributed by atoms with Crippen molar-refractivity contribution >= 4 is 27.5 Å². The molecular weight excluding hydrogens is 324 g/mol. The van der Waals surface area contributed by atoms with E-state index in [1.807, 2.05) is 18.2 Å². The van der Waals surface area contributed by atoms with Crippen LogP contribution in [0, 0.1) is 5.92 Å². The fourth-order valence-corrected chi connectivity index (χ4v) is 3.61. The van der Waals surface area contributed by atoms with Crippen LogP contribution in [0.1, 0.15) is 37.8 Å². The lowest BCUT2D eigenvalue weighted by Gasteiger charge is -2.37. The minimum absolute atomic E-state index is 0.269. The van der Waals surface area contributed by atoms with E-state index in [0.717, 1.165) is 28.5 Å². The van der Waals surface area contributed by atoms with Crippen LogP contribution in [0.2, 0.25) is 5.02 Å². The van der Waals surface area contributed by atoms with Gasteiger partial charge in [0, 0.05) is 22.1 Å². The van der Waals surface area contributed by atoms with E-state index in [9.17, 15) is 0 Å². The molecule has 2 rings (SSSR count). The first-order valence-corrected chi connectivity index (χ1v) is 8.21. The molecule has 1 aromatic rings. The van der Waals surface area contributed by atoms with Crippen molar-refractivity contribution in [3.8, 4) is 0 Å². The molecule has 1 aliphatic rings. The number of benzene rings is 1. The van der Waals surface area contributed by atoms with Gasteiger partial charge in [-0.2, -0.15) is 0 Å². The van der Waals surface area contributed by atoms with Gasteiger partial charge in [0.15, 0.2) is 0 Å². The highest BCUT2D eigenvalue weighted by Gasteiger charge is 2.25. The Balaban J connectivity index is 2.14. The summed E-state index contributed by atoms with van der Waals surface area (Å²) in [6.07, 6.45) is 3.86. The Kier molecular flexibility index (Phi) is 5.70. The molecule has 4 heteroatoms. The second-order valence-electron chi connectivity index (χ2n) is 5.30. The van der Waals surface area contributed by atoms with Crippen LogP contribution < -0.4 is 5.73 Å². The lowest BCUT2D eigenvalue weighted by Crippen LogP contribution is -2.39. The van der Waals surface area contributed by atoms with E-state index in [-0.39, 0.29) is 6.04 Å². The fourth-order valence-electron chi connectivity index (χ4n) is 2.92. The molecule has 1 atom stereocenters. The molecule has 1 saturated heterocycles. The molecular formula is C15H22BrClN2. The molecule has 106 valence electrons. The number of nitrogens with zero attached hydrogens (tertiary/aromatic N) is 1. The Labute approximate surface area is 129 Å². The molecule has 0 saturated carbocycles. The summed E-state index contributed by atoms with van der Waals surface area (Å²) in [5.41, 5.74) is 7.23. The number of halogens is 2. The molecule has 0 aliphatic carbocycles. The largest absolute Gasteiger partial charge is 0.329 e. The van der Waals surface area contributed by atoms with Gasteiger partial charge in [-0.05, 0) is 55.6 Å².